The molecule has 0 spiro atoms. The van der Waals surface area contributed by atoms with Gasteiger partial charge in [0.25, 0.3) is 5.91 Å². The molecule has 0 saturated carbocycles. The summed E-state index contributed by atoms with van der Waals surface area (Å²) in [7, 11) is -3.67. The number of halogens is 1. The first-order valence-electron chi connectivity index (χ1n) is 15.0. The number of benzene rings is 4. The number of sulfonamides is 1. The second kappa shape index (κ2) is 15.9. The van der Waals surface area contributed by atoms with Crippen LogP contribution in [0.1, 0.15) is 16.7 Å². The normalized spacial score (nSPS) is 14.3. The molecule has 0 radical (unpaired) electrons. The molecule has 0 aliphatic carbocycles. The fourth-order valence-corrected chi connectivity index (χ4v) is 6.65. The van der Waals surface area contributed by atoms with Gasteiger partial charge < -0.3 is 19.7 Å². The Morgan fingerprint density at radius 1 is 0.826 bits per heavy atom. The molecule has 240 valence electrons. The summed E-state index contributed by atoms with van der Waals surface area (Å²) in [6, 6.07) is 31.3. The quantitative estimate of drug-likeness (QED) is 0.223. The average molecular weight is 662 g/mol. The standard InChI is InChI=1S/C35H36ClN3O6S/c36-30-13-11-29(12-14-30)25-39(33(23-27-7-3-1-4-8-27)35(41)37-24-28-9-5-2-6-10-28)34(40)26-45-31-15-17-32(18-16-31)46(42,43)38-19-21-44-22-20-38/h1-18,33H,19-26H2,(H,37,41)/t33-/m1/s1. The molecule has 1 aliphatic rings. The topological polar surface area (TPSA) is 105 Å². The van der Waals surface area contributed by atoms with Crippen LogP contribution in [0.25, 0.3) is 0 Å². The molecule has 11 heteroatoms. The van der Waals surface area contributed by atoms with Gasteiger partial charge in [0.2, 0.25) is 15.9 Å². The smallest absolute Gasteiger partial charge is 0.261 e. The highest BCUT2D eigenvalue weighted by molar-refractivity contribution is 7.89. The van der Waals surface area contributed by atoms with Crippen LogP contribution in [0.4, 0.5) is 0 Å². The van der Waals surface area contributed by atoms with Crippen molar-refractivity contribution in [3.05, 3.63) is 131 Å². The fourth-order valence-electron chi connectivity index (χ4n) is 5.12. The maximum atomic E-state index is 13.9. The van der Waals surface area contributed by atoms with E-state index in [4.69, 9.17) is 21.1 Å². The van der Waals surface area contributed by atoms with Gasteiger partial charge >= 0.3 is 0 Å². The van der Waals surface area contributed by atoms with Gasteiger partial charge in [-0.15, -0.1) is 0 Å². The minimum absolute atomic E-state index is 0.135. The summed E-state index contributed by atoms with van der Waals surface area (Å²) in [6.45, 7) is 1.38. The second-order valence-corrected chi connectivity index (χ2v) is 13.2. The molecule has 4 aromatic carbocycles. The molecule has 1 fully saturated rings. The van der Waals surface area contributed by atoms with Gasteiger partial charge in [0.15, 0.2) is 6.61 Å². The zero-order valence-electron chi connectivity index (χ0n) is 25.3. The SMILES string of the molecule is O=C(NCc1ccccc1)[C@@H](Cc1ccccc1)N(Cc1ccc(Cl)cc1)C(=O)COc1ccc(S(=O)(=O)N2CCOCC2)cc1. The molecule has 1 heterocycles. The van der Waals surface area contributed by atoms with E-state index in [0.29, 0.717) is 43.6 Å². The largest absolute Gasteiger partial charge is 0.484 e. The van der Waals surface area contributed by atoms with Crippen LogP contribution in [0.2, 0.25) is 5.02 Å². The van der Waals surface area contributed by atoms with Gasteiger partial charge in [0.1, 0.15) is 11.8 Å². The van der Waals surface area contributed by atoms with E-state index < -0.39 is 22.0 Å². The van der Waals surface area contributed by atoms with Crippen LogP contribution in [0.3, 0.4) is 0 Å². The van der Waals surface area contributed by atoms with Crippen LogP contribution in [0, 0.1) is 0 Å². The number of ether oxygens (including phenoxy) is 2. The number of amides is 2. The van der Waals surface area contributed by atoms with E-state index in [1.54, 1.807) is 12.1 Å². The van der Waals surface area contributed by atoms with Crippen molar-refractivity contribution < 1.29 is 27.5 Å². The van der Waals surface area contributed by atoms with E-state index >= 15 is 0 Å². The molecule has 0 aromatic heterocycles. The van der Waals surface area contributed by atoms with E-state index in [0.717, 1.165) is 16.7 Å². The molecule has 0 unspecified atom stereocenters. The third-order valence-corrected chi connectivity index (χ3v) is 9.81. The van der Waals surface area contributed by atoms with Crippen LogP contribution in [-0.2, 0) is 43.9 Å². The van der Waals surface area contributed by atoms with E-state index in [9.17, 15) is 18.0 Å². The van der Waals surface area contributed by atoms with Crippen molar-refractivity contribution in [1.82, 2.24) is 14.5 Å². The highest BCUT2D eigenvalue weighted by Gasteiger charge is 2.31. The number of carbonyl (C=O) groups is 2. The van der Waals surface area contributed by atoms with Crippen LogP contribution in [0.5, 0.6) is 5.75 Å². The number of nitrogens with one attached hydrogen (secondary N) is 1. The van der Waals surface area contributed by atoms with Gasteiger partial charge in [-0.05, 0) is 53.1 Å². The molecule has 4 aromatic rings. The van der Waals surface area contributed by atoms with Crippen molar-refractivity contribution in [2.24, 2.45) is 0 Å². The first-order chi connectivity index (χ1) is 22.3. The maximum absolute atomic E-state index is 13.9. The Balaban J connectivity index is 1.35. The zero-order valence-corrected chi connectivity index (χ0v) is 26.8. The molecule has 1 aliphatic heterocycles. The summed E-state index contributed by atoms with van der Waals surface area (Å²) < 4.78 is 38.5. The Morgan fingerprint density at radius 3 is 2.07 bits per heavy atom. The molecular weight excluding hydrogens is 626 g/mol. The minimum Gasteiger partial charge on any atom is -0.484 e. The van der Waals surface area contributed by atoms with Crippen molar-refractivity contribution in [3.63, 3.8) is 0 Å². The van der Waals surface area contributed by atoms with Gasteiger partial charge in [0, 0.05) is 37.6 Å². The first-order valence-corrected chi connectivity index (χ1v) is 16.8. The molecule has 1 atom stereocenters. The van der Waals surface area contributed by atoms with Crippen molar-refractivity contribution in [1.29, 1.82) is 0 Å². The predicted octanol–water partition coefficient (Wildman–Crippen LogP) is 4.70. The van der Waals surface area contributed by atoms with Crippen molar-refractivity contribution in [3.8, 4) is 5.75 Å². The lowest BCUT2D eigenvalue weighted by molar-refractivity contribution is -0.142. The number of hydrogen-bond donors (Lipinski definition) is 1. The number of nitrogens with zero attached hydrogens (tertiary/aromatic N) is 2. The third kappa shape index (κ3) is 8.95. The van der Waals surface area contributed by atoms with Gasteiger partial charge in [-0.25, -0.2) is 8.42 Å². The zero-order chi connectivity index (χ0) is 32.4. The average Bonchev–Trinajstić information content (AvgIpc) is 3.10. The summed E-state index contributed by atoms with van der Waals surface area (Å²) in [5.74, 6) is -0.377. The molecule has 1 N–H and O–H groups in total. The Bertz CT molecular complexity index is 1680. The lowest BCUT2D eigenvalue weighted by atomic mass is 10.0. The monoisotopic (exact) mass is 661 g/mol. The van der Waals surface area contributed by atoms with Crippen LogP contribution in [0.15, 0.2) is 114 Å². The summed E-state index contributed by atoms with van der Waals surface area (Å²) >= 11 is 6.12. The van der Waals surface area contributed by atoms with Gasteiger partial charge in [-0.2, -0.15) is 4.31 Å². The number of rotatable bonds is 13. The molecular formula is C35H36ClN3O6S. The van der Waals surface area contributed by atoms with Crippen molar-refractivity contribution in [2.45, 2.75) is 30.4 Å². The Hall–Kier alpha value is -4.22. The Morgan fingerprint density at radius 2 is 1.43 bits per heavy atom. The van der Waals surface area contributed by atoms with E-state index in [-0.39, 0.29) is 30.4 Å². The molecule has 5 rings (SSSR count). The van der Waals surface area contributed by atoms with Gasteiger partial charge in [0.05, 0.1) is 18.1 Å². The second-order valence-electron chi connectivity index (χ2n) is 10.8. The molecule has 1 saturated heterocycles. The maximum Gasteiger partial charge on any atom is 0.261 e. The number of hydrogen-bond acceptors (Lipinski definition) is 6. The first kappa shape index (κ1) is 33.2. The van der Waals surface area contributed by atoms with E-state index in [1.807, 2.05) is 72.8 Å². The Labute approximate surface area is 274 Å². The van der Waals surface area contributed by atoms with Crippen molar-refractivity contribution >= 4 is 33.4 Å². The van der Waals surface area contributed by atoms with Crippen LogP contribution >= 0.6 is 11.6 Å². The number of carbonyl (C=O) groups excluding carboxylic acids is 2. The minimum atomic E-state index is -3.67. The summed E-state index contributed by atoms with van der Waals surface area (Å²) in [6.07, 6.45) is 0.287. The van der Waals surface area contributed by atoms with Crippen molar-refractivity contribution in [2.75, 3.05) is 32.9 Å². The van der Waals surface area contributed by atoms with E-state index in [2.05, 4.69) is 5.32 Å². The molecule has 0 bridgehead atoms. The predicted molar refractivity (Wildman–Crippen MR) is 176 cm³/mol. The summed E-state index contributed by atoms with van der Waals surface area (Å²) in [5.41, 5.74) is 2.63. The van der Waals surface area contributed by atoms with Crippen LogP contribution in [-0.4, -0.2) is 68.4 Å². The highest BCUT2D eigenvalue weighted by Crippen LogP contribution is 2.22. The molecule has 2 amide bonds. The summed E-state index contributed by atoms with van der Waals surface area (Å²) in [4.78, 5) is 29.4. The Kier molecular flexibility index (Phi) is 11.4. The van der Waals surface area contributed by atoms with Gasteiger partial charge in [-0.3, -0.25) is 9.59 Å². The number of morpholine rings is 1. The van der Waals surface area contributed by atoms with E-state index in [1.165, 1.54) is 33.5 Å². The van der Waals surface area contributed by atoms with Gasteiger partial charge in [-0.1, -0.05) is 84.4 Å². The fraction of sp³-hybridized carbons (Fsp3) is 0.257. The van der Waals surface area contributed by atoms with Crippen LogP contribution < -0.4 is 10.1 Å². The third-order valence-electron chi connectivity index (χ3n) is 7.64. The lowest BCUT2D eigenvalue weighted by Crippen LogP contribution is -2.51. The lowest BCUT2D eigenvalue weighted by Gasteiger charge is -2.31. The highest BCUT2D eigenvalue weighted by atomic mass is 35.5. The molecule has 9 nitrogen and oxygen atoms in total. The summed E-state index contributed by atoms with van der Waals surface area (Å²) in [5, 5.41) is 3.57. The molecule has 46 heavy (non-hydrogen) atoms.